The first-order valence-electron chi connectivity index (χ1n) is 7.61. The highest BCUT2D eigenvalue weighted by molar-refractivity contribution is 5.97. The van der Waals surface area contributed by atoms with Crippen LogP contribution in [0.25, 0.3) is 0 Å². The summed E-state index contributed by atoms with van der Waals surface area (Å²) in [5.74, 6) is 0.154. The molecule has 5 nitrogen and oxygen atoms in total. The van der Waals surface area contributed by atoms with Gasteiger partial charge < -0.3 is 15.5 Å². The number of hydrogen-bond donors (Lipinski definition) is 2. The minimum atomic E-state index is -0.183. The molecule has 112 valence electrons. The van der Waals surface area contributed by atoms with Crippen LogP contribution in [0, 0.1) is 0 Å². The molecule has 0 bridgehead atoms. The third-order valence-corrected chi connectivity index (χ3v) is 3.98. The molecule has 1 aliphatic heterocycles. The Bertz CT molecular complexity index is 537. The quantitative estimate of drug-likeness (QED) is 0.869. The van der Waals surface area contributed by atoms with Gasteiger partial charge in [-0.25, -0.2) is 0 Å². The summed E-state index contributed by atoms with van der Waals surface area (Å²) < 4.78 is 0. The first-order valence-corrected chi connectivity index (χ1v) is 7.61. The predicted octanol–water partition coefficient (Wildman–Crippen LogP) is 1.89. The van der Waals surface area contributed by atoms with E-state index in [0.717, 1.165) is 37.2 Å². The van der Waals surface area contributed by atoms with Gasteiger partial charge in [0.05, 0.1) is 6.04 Å². The average molecular weight is 287 g/mol. The summed E-state index contributed by atoms with van der Waals surface area (Å²) in [6.45, 7) is 2.66. The molecule has 0 aromatic heterocycles. The van der Waals surface area contributed by atoms with Gasteiger partial charge in [0.2, 0.25) is 11.8 Å². The summed E-state index contributed by atoms with van der Waals surface area (Å²) in [6, 6.07) is 7.80. The molecule has 1 saturated heterocycles. The Morgan fingerprint density at radius 3 is 2.57 bits per heavy atom. The molecule has 1 atom stereocenters. The number of amides is 2. The zero-order chi connectivity index (χ0) is 14.8. The first kappa shape index (κ1) is 14.1. The average Bonchev–Trinajstić information content (AvgIpc) is 3.19. The molecule has 3 rings (SSSR count). The van der Waals surface area contributed by atoms with Gasteiger partial charge >= 0.3 is 0 Å². The Morgan fingerprint density at radius 2 is 2.00 bits per heavy atom. The van der Waals surface area contributed by atoms with E-state index in [0.29, 0.717) is 12.5 Å². The van der Waals surface area contributed by atoms with Crippen LogP contribution in [-0.4, -0.2) is 30.4 Å². The number of nitrogens with one attached hydrogen (secondary N) is 2. The maximum absolute atomic E-state index is 12.0. The van der Waals surface area contributed by atoms with Gasteiger partial charge in [0, 0.05) is 30.4 Å². The van der Waals surface area contributed by atoms with E-state index in [9.17, 15) is 9.59 Å². The Hall–Kier alpha value is -1.88. The van der Waals surface area contributed by atoms with Gasteiger partial charge in [-0.05, 0) is 50.5 Å². The third-order valence-electron chi connectivity index (χ3n) is 3.98. The van der Waals surface area contributed by atoms with Crippen molar-refractivity contribution in [3.05, 3.63) is 24.3 Å². The van der Waals surface area contributed by atoms with E-state index >= 15 is 0 Å². The minimum Gasteiger partial charge on any atom is -0.325 e. The summed E-state index contributed by atoms with van der Waals surface area (Å²) in [5.41, 5.74) is 1.67. The van der Waals surface area contributed by atoms with Crippen molar-refractivity contribution in [2.45, 2.75) is 44.7 Å². The van der Waals surface area contributed by atoms with Crippen LogP contribution in [0.5, 0.6) is 0 Å². The van der Waals surface area contributed by atoms with Gasteiger partial charge in [-0.15, -0.1) is 0 Å². The molecule has 0 spiro atoms. The highest BCUT2D eigenvalue weighted by Crippen LogP contribution is 2.23. The number of carbonyl (C=O) groups excluding carboxylic acids is 2. The third kappa shape index (κ3) is 3.42. The molecule has 21 heavy (non-hydrogen) atoms. The van der Waals surface area contributed by atoms with E-state index in [-0.39, 0.29) is 17.9 Å². The Morgan fingerprint density at radius 1 is 1.29 bits per heavy atom. The van der Waals surface area contributed by atoms with Crippen molar-refractivity contribution in [3.8, 4) is 0 Å². The summed E-state index contributed by atoms with van der Waals surface area (Å²) in [4.78, 5) is 25.5. The monoisotopic (exact) mass is 287 g/mol. The zero-order valence-corrected chi connectivity index (χ0v) is 12.3. The number of hydrogen-bond acceptors (Lipinski definition) is 3. The smallest absolute Gasteiger partial charge is 0.241 e. The second kappa shape index (κ2) is 5.85. The largest absolute Gasteiger partial charge is 0.325 e. The van der Waals surface area contributed by atoms with Crippen LogP contribution in [0.1, 0.15) is 32.6 Å². The molecule has 1 heterocycles. The molecule has 5 heteroatoms. The molecular formula is C16H21N3O2. The van der Waals surface area contributed by atoms with Crippen LogP contribution in [0.4, 0.5) is 11.4 Å². The van der Waals surface area contributed by atoms with Gasteiger partial charge in [0.1, 0.15) is 0 Å². The zero-order valence-electron chi connectivity index (χ0n) is 12.3. The lowest BCUT2D eigenvalue weighted by atomic mass is 10.2. The van der Waals surface area contributed by atoms with Gasteiger partial charge in [-0.1, -0.05) is 0 Å². The molecule has 1 aromatic rings. The van der Waals surface area contributed by atoms with E-state index < -0.39 is 0 Å². The minimum absolute atomic E-state index is 0.0214. The predicted molar refractivity (Wildman–Crippen MR) is 82.3 cm³/mol. The second-order valence-corrected chi connectivity index (χ2v) is 5.85. The number of nitrogens with zero attached hydrogens (tertiary/aromatic N) is 1. The number of carbonyl (C=O) groups is 2. The second-order valence-electron chi connectivity index (χ2n) is 5.85. The Kier molecular flexibility index (Phi) is 3.92. The van der Waals surface area contributed by atoms with Gasteiger partial charge in [0.25, 0.3) is 0 Å². The summed E-state index contributed by atoms with van der Waals surface area (Å²) in [7, 11) is 0. The molecule has 1 aromatic carbocycles. The van der Waals surface area contributed by atoms with E-state index in [1.54, 1.807) is 4.90 Å². The number of benzene rings is 1. The SMILES string of the molecule is CC(NC1CC1)C(=O)Nc1ccc(N2CCCC2=O)cc1. The highest BCUT2D eigenvalue weighted by Gasteiger charge is 2.25. The standard InChI is InChI=1S/C16H21N3O2/c1-11(17-12-4-5-12)16(21)18-13-6-8-14(9-7-13)19-10-2-3-15(19)20/h6-9,11-12,17H,2-5,10H2,1H3,(H,18,21). The van der Waals surface area contributed by atoms with Crippen molar-refractivity contribution in [1.82, 2.24) is 5.32 Å². The molecule has 2 fully saturated rings. The topological polar surface area (TPSA) is 61.4 Å². The van der Waals surface area contributed by atoms with E-state index in [1.165, 1.54) is 0 Å². The first-order chi connectivity index (χ1) is 10.1. The number of rotatable bonds is 5. The molecule has 2 N–H and O–H groups in total. The van der Waals surface area contributed by atoms with Crippen molar-refractivity contribution in [2.75, 3.05) is 16.8 Å². The molecule has 1 unspecified atom stereocenters. The fourth-order valence-electron chi connectivity index (χ4n) is 2.58. The molecule has 1 saturated carbocycles. The van der Waals surface area contributed by atoms with Crippen molar-refractivity contribution < 1.29 is 9.59 Å². The summed E-state index contributed by atoms with van der Waals surface area (Å²) >= 11 is 0. The van der Waals surface area contributed by atoms with Gasteiger partial charge in [-0.2, -0.15) is 0 Å². The van der Waals surface area contributed by atoms with Crippen molar-refractivity contribution >= 4 is 23.2 Å². The van der Waals surface area contributed by atoms with Crippen LogP contribution in [0.2, 0.25) is 0 Å². The van der Waals surface area contributed by atoms with Gasteiger partial charge in [-0.3, -0.25) is 9.59 Å². The van der Waals surface area contributed by atoms with Crippen molar-refractivity contribution in [2.24, 2.45) is 0 Å². The lowest BCUT2D eigenvalue weighted by Crippen LogP contribution is -2.39. The lowest BCUT2D eigenvalue weighted by Gasteiger charge is -2.17. The molecule has 0 radical (unpaired) electrons. The molecule has 2 aliphatic rings. The van der Waals surface area contributed by atoms with Crippen LogP contribution in [0.3, 0.4) is 0 Å². The van der Waals surface area contributed by atoms with Crippen LogP contribution < -0.4 is 15.5 Å². The fraction of sp³-hybridized carbons (Fsp3) is 0.500. The number of anilines is 2. The molecular weight excluding hydrogens is 266 g/mol. The van der Waals surface area contributed by atoms with Crippen molar-refractivity contribution in [3.63, 3.8) is 0 Å². The van der Waals surface area contributed by atoms with Crippen LogP contribution in [0.15, 0.2) is 24.3 Å². The van der Waals surface area contributed by atoms with Crippen LogP contribution >= 0.6 is 0 Å². The lowest BCUT2D eigenvalue weighted by molar-refractivity contribution is -0.118. The van der Waals surface area contributed by atoms with Crippen LogP contribution in [-0.2, 0) is 9.59 Å². The van der Waals surface area contributed by atoms with Crippen molar-refractivity contribution in [1.29, 1.82) is 0 Å². The maximum Gasteiger partial charge on any atom is 0.241 e. The fourth-order valence-corrected chi connectivity index (χ4v) is 2.58. The Balaban J connectivity index is 1.58. The summed E-state index contributed by atoms with van der Waals surface area (Å²) in [6.07, 6.45) is 3.87. The van der Waals surface area contributed by atoms with E-state index in [4.69, 9.17) is 0 Å². The van der Waals surface area contributed by atoms with E-state index in [1.807, 2.05) is 31.2 Å². The normalized spacial score (nSPS) is 19.7. The maximum atomic E-state index is 12.0. The Labute approximate surface area is 124 Å². The van der Waals surface area contributed by atoms with E-state index in [2.05, 4.69) is 10.6 Å². The highest BCUT2D eigenvalue weighted by atomic mass is 16.2. The van der Waals surface area contributed by atoms with Gasteiger partial charge in [0.15, 0.2) is 0 Å². The summed E-state index contributed by atoms with van der Waals surface area (Å²) in [5, 5.41) is 6.17. The molecule has 2 amide bonds. The molecule has 1 aliphatic carbocycles.